The van der Waals surface area contributed by atoms with E-state index in [1.165, 1.54) is 0 Å². The average molecular weight is 433 g/mol. The number of rotatable bonds is 7. The van der Waals surface area contributed by atoms with Crippen molar-refractivity contribution >= 4 is 26.7 Å². The van der Waals surface area contributed by atoms with Crippen LogP contribution in [0.15, 0.2) is 47.2 Å². The van der Waals surface area contributed by atoms with Crippen LogP contribution in [0, 0.1) is 0 Å². The van der Waals surface area contributed by atoms with Gasteiger partial charge in [-0.3, -0.25) is 0 Å². The van der Waals surface area contributed by atoms with Gasteiger partial charge in [0, 0.05) is 22.3 Å². The molecule has 2 aromatic carbocycles. The lowest BCUT2D eigenvalue weighted by atomic mass is 10.1. The van der Waals surface area contributed by atoms with Crippen molar-refractivity contribution in [3.05, 3.63) is 52.8 Å². The summed E-state index contributed by atoms with van der Waals surface area (Å²) in [5.41, 5.74) is 1.16. The lowest BCUT2D eigenvalue weighted by molar-refractivity contribution is -0.695. The topological polar surface area (TPSA) is 40.8 Å². The van der Waals surface area contributed by atoms with Gasteiger partial charge in [0.2, 0.25) is 0 Å². The van der Waals surface area contributed by atoms with Crippen LogP contribution in [-0.4, -0.2) is 28.4 Å². The molecule has 0 unspecified atom stereocenters. The predicted octanol–water partition coefficient (Wildman–Crippen LogP) is 4.17. The summed E-state index contributed by atoms with van der Waals surface area (Å²) < 4.78 is 24.7. The molecule has 0 bridgehead atoms. The second kappa shape index (κ2) is 8.48. The number of fused-ring (bicyclic) bond motifs is 1. The summed E-state index contributed by atoms with van der Waals surface area (Å²) in [4.78, 5) is 0. The van der Waals surface area contributed by atoms with Crippen molar-refractivity contribution in [2.45, 2.75) is 13.0 Å². The van der Waals surface area contributed by atoms with Gasteiger partial charge in [0.1, 0.15) is 0 Å². The zero-order valence-corrected chi connectivity index (χ0v) is 17.5. The van der Waals surface area contributed by atoms with E-state index in [1.807, 2.05) is 24.3 Å². The first-order chi connectivity index (χ1) is 13.1. The standard InChI is InChI=1S/C21H23BrNO4/c1-24-18-9-14-5-7-23(13-16(14)11-20(18)26-3)8-6-15-10-19(25-2)21(27-4)12-17(15)22/h5,7,9-13H,6,8H2,1-4H3/q+1. The van der Waals surface area contributed by atoms with Crippen molar-refractivity contribution in [2.24, 2.45) is 0 Å². The highest BCUT2D eigenvalue weighted by Crippen LogP contribution is 2.34. The molecule has 0 atom stereocenters. The molecule has 0 N–H and O–H groups in total. The van der Waals surface area contributed by atoms with Gasteiger partial charge in [0.15, 0.2) is 41.9 Å². The van der Waals surface area contributed by atoms with Crippen LogP contribution in [-0.2, 0) is 13.0 Å². The molecule has 0 amide bonds. The second-order valence-corrected chi connectivity index (χ2v) is 6.92. The summed E-state index contributed by atoms with van der Waals surface area (Å²) in [6, 6.07) is 10.0. The van der Waals surface area contributed by atoms with Gasteiger partial charge in [-0.15, -0.1) is 0 Å². The first kappa shape index (κ1) is 19.3. The smallest absolute Gasteiger partial charge is 0.176 e. The molecule has 1 aromatic heterocycles. The summed E-state index contributed by atoms with van der Waals surface area (Å²) in [6.07, 6.45) is 5.04. The highest BCUT2D eigenvalue weighted by atomic mass is 79.9. The SMILES string of the molecule is COc1cc(Br)c(CC[n+]2ccc3cc(OC)c(OC)cc3c2)cc1OC. The molecular weight excluding hydrogens is 410 g/mol. The third-order valence-electron chi connectivity index (χ3n) is 4.53. The molecule has 5 nitrogen and oxygen atoms in total. The average Bonchev–Trinajstić information content (AvgIpc) is 2.71. The van der Waals surface area contributed by atoms with Gasteiger partial charge in [0.25, 0.3) is 0 Å². The van der Waals surface area contributed by atoms with Crippen LogP contribution in [0.1, 0.15) is 5.56 Å². The Morgan fingerprint density at radius 1 is 0.778 bits per heavy atom. The van der Waals surface area contributed by atoms with Gasteiger partial charge in [-0.25, -0.2) is 4.57 Å². The van der Waals surface area contributed by atoms with E-state index in [1.54, 1.807) is 28.4 Å². The number of halogens is 1. The first-order valence-electron chi connectivity index (χ1n) is 8.54. The Hall–Kier alpha value is -2.47. The predicted molar refractivity (Wildman–Crippen MR) is 108 cm³/mol. The van der Waals surface area contributed by atoms with Crippen molar-refractivity contribution < 1.29 is 23.5 Å². The van der Waals surface area contributed by atoms with Crippen LogP contribution >= 0.6 is 15.9 Å². The molecule has 3 rings (SSSR count). The van der Waals surface area contributed by atoms with Crippen molar-refractivity contribution in [1.29, 1.82) is 0 Å². The normalized spacial score (nSPS) is 10.7. The lowest BCUT2D eigenvalue weighted by Gasteiger charge is -2.11. The molecule has 0 spiro atoms. The quantitative estimate of drug-likeness (QED) is 0.525. The van der Waals surface area contributed by atoms with Crippen LogP contribution in [0.5, 0.6) is 23.0 Å². The Bertz CT molecular complexity index is 959. The number of pyridine rings is 1. The van der Waals surface area contributed by atoms with Crippen LogP contribution in [0.25, 0.3) is 10.8 Å². The van der Waals surface area contributed by atoms with Crippen molar-refractivity contribution in [1.82, 2.24) is 0 Å². The molecule has 0 saturated carbocycles. The number of nitrogens with zero attached hydrogens (tertiary/aromatic N) is 1. The molecule has 0 saturated heterocycles. The van der Waals surface area contributed by atoms with E-state index >= 15 is 0 Å². The molecular formula is C21H23BrNO4+. The van der Waals surface area contributed by atoms with E-state index in [0.717, 1.165) is 51.0 Å². The van der Waals surface area contributed by atoms with Gasteiger partial charge in [-0.1, -0.05) is 15.9 Å². The number of hydrogen-bond acceptors (Lipinski definition) is 4. The van der Waals surface area contributed by atoms with Crippen molar-refractivity contribution in [3.8, 4) is 23.0 Å². The Labute approximate surface area is 167 Å². The first-order valence-corrected chi connectivity index (χ1v) is 9.34. The Kier molecular flexibility index (Phi) is 6.06. The van der Waals surface area contributed by atoms with Crippen LogP contribution in [0.4, 0.5) is 0 Å². The molecule has 0 aliphatic rings. The summed E-state index contributed by atoms with van der Waals surface area (Å²) >= 11 is 3.62. The summed E-state index contributed by atoms with van der Waals surface area (Å²) in [6.45, 7) is 0.832. The minimum atomic E-state index is 0.715. The number of benzene rings is 2. The molecule has 142 valence electrons. The molecule has 0 fully saturated rings. The van der Waals surface area contributed by atoms with E-state index in [0.29, 0.717) is 5.75 Å². The van der Waals surface area contributed by atoms with E-state index in [-0.39, 0.29) is 0 Å². The zero-order valence-electron chi connectivity index (χ0n) is 15.9. The third-order valence-corrected chi connectivity index (χ3v) is 5.27. The Balaban J connectivity index is 1.85. The third kappa shape index (κ3) is 4.11. The minimum absolute atomic E-state index is 0.715. The van der Waals surface area contributed by atoms with E-state index in [9.17, 15) is 0 Å². The number of ether oxygens (including phenoxy) is 4. The second-order valence-electron chi connectivity index (χ2n) is 6.07. The lowest BCUT2D eigenvalue weighted by Crippen LogP contribution is -2.33. The van der Waals surface area contributed by atoms with Crippen LogP contribution in [0.3, 0.4) is 0 Å². The van der Waals surface area contributed by atoms with Gasteiger partial charge in [-0.05, 0) is 35.2 Å². The fourth-order valence-corrected chi connectivity index (χ4v) is 3.56. The molecule has 1 heterocycles. The van der Waals surface area contributed by atoms with E-state index < -0.39 is 0 Å². The molecule has 6 heteroatoms. The molecule has 27 heavy (non-hydrogen) atoms. The molecule has 0 radical (unpaired) electrons. The van der Waals surface area contributed by atoms with Crippen LogP contribution < -0.4 is 23.5 Å². The maximum absolute atomic E-state index is 5.41. The Morgan fingerprint density at radius 3 is 1.96 bits per heavy atom. The fraction of sp³-hybridized carbons (Fsp3) is 0.286. The highest BCUT2D eigenvalue weighted by Gasteiger charge is 2.13. The number of methoxy groups -OCH3 is 4. The van der Waals surface area contributed by atoms with Crippen molar-refractivity contribution in [2.75, 3.05) is 28.4 Å². The summed E-state index contributed by atoms with van der Waals surface area (Å²) in [5.74, 6) is 2.91. The molecule has 0 aliphatic carbocycles. The van der Waals surface area contributed by atoms with Crippen molar-refractivity contribution in [3.63, 3.8) is 0 Å². The fourth-order valence-electron chi connectivity index (χ4n) is 3.04. The molecule has 3 aromatic rings. The Morgan fingerprint density at radius 2 is 1.33 bits per heavy atom. The summed E-state index contributed by atoms with van der Waals surface area (Å²) in [5, 5.41) is 2.21. The minimum Gasteiger partial charge on any atom is -0.493 e. The number of aryl methyl sites for hydroxylation is 2. The monoisotopic (exact) mass is 432 g/mol. The van der Waals surface area contributed by atoms with Gasteiger partial charge in [0.05, 0.1) is 28.4 Å². The van der Waals surface area contributed by atoms with Gasteiger partial charge in [-0.2, -0.15) is 0 Å². The zero-order chi connectivity index (χ0) is 19.4. The maximum Gasteiger partial charge on any atom is 0.176 e. The highest BCUT2D eigenvalue weighted by molar-refractivity contribution is 9.10. The molecule has 0 aliphatic heterocycles. The van der Waals surface area contributed by atoms with E-state index in [2.05, 4.69) is 39.0 Å². The van der Waals surface area contributed by atoms with Gasteiger partial charge < -0.3 is 18.9 Å². The number of aromatic nitrogens is 1. The number of hydrogen-bond donors (Lipinski definition) is 0. The summed E-state index contributed by atoms with van der Waals surface area (Å²) in [7, 11) is 6.58. The van der Waals surface area contributed by atoms with Crippen LogP contribution in [0.2, 0.25) is 0 Å². The van der Waals surface area contributed by atoms with Gasteiger partial charge >= 0.3 is 0 Å². The van der Waals surface area contributed by atoms with E-state index in [4.69, 9.17) is 18.9 Å². The maximum atomic E-state index is 5.41. The largest absolute Gasteiger partial charge is 0.493 e.